The molecule has 0 unspecified atom stereocenters. The number of aromatic nitrogens is 4. The molecule has 2 aromatic heterocycles. The van der Waals surface area contributed by atoms with Crippen molar-refractivity contribution in [2.75, 3.05) is 28.8 Å². The normalized spacial score (nSPS) is 11.9. The SMILES string of the molecule is CCC(C)(C)C(=O)Nc1nc2c(N(C)c3ccnc(Nc4ccc(CS(C)(=O)=O)cc4)n3)cccc2n1C. The molecule has 0 fully saturated rings. The number of nitrogens with zero attached hydrogens (tertiary/aromatic N) is 5. The Morgan fingerprint density at radius 2 is 1.79 bits per heavy atom. The van der Waals surface area contributed by atoms with Crippen LogP contribution in [0.25, 0.3) is 11.0 Å². The molecule has 10 nitrogen and oxygen atoms in total. The van der Waals surface area contributed by atoms with Gasteiger partial charge in [-0.1, -0.05) is 39.0 Å². The molecule has 1 amide bonds. The number of carbonyl (C=O) groups is 1. The molecule has 0 radical (unpaired) electrons. The first-order valence-electron chi connectivity index (χ1n) is 12.3. The van der Waals surface area contributed by atoms with Crippen molar-refractivity contribution < 1.29 is 13.2 Å². The fourth-order valence-electron chi connectivity index (χ4n) is 3.85. The molecule has 0 aliphatic carbocycles. The number of rotatable bonds is 9. The summed E-state index contributed by atoms with van der Waals surface area (Å²) in [4.78, 5) is 28.4. The molecular weight excluding hydrogens is 502 g/mol. The zero-order valence-corrected chi connectivity index (χ0v) is 23.3. The second kappa shape index (κ2) is 10.4. The Labute approximate surface area is 223 Å². The molecule has 0 aliphatic rings. The third-order valence-corrected chi connectivity index (χ3v) is 7.46. The van der Waals surface area contributed by atoms with E-state index in [0.29, 0.717) is 29.7 Å². The molecule has 2 N–H and O–H groups in total. The maximum absolute atomic E-state index is 12.8. The first-order chi connectivity index (χ1) is 17.9. The van der Waals surface area contributed by atoms with Gasteiger partial charge in [-0.05, 0) is 42.3 Å². The maximum Gasteiger partial charge on any atom is 0.232 e. The second-order valence-electron chi connectivity index (χ2n) is 10.0. The summed E-state index contributed by atoms with van der Waals surface area (Å²) < 4.78 is 24.9. The van der Waals surface area contributed by atoms with Crippen LogP contribution in [-0.2, 0) is 27.4 Å². The second-order valence-corrected chi connectivity index (χ2v) is 12.2. The molecule has 4 rings (SSSR count). The largest absolute Gasteiger partial charge is 0.327 e. The van der Waals surface area contributed by atoms with E-state index in [1.807, 2.05) is 62.5 Å². The predicted molar refractivity (Wildman–Crippen MR) is 152 cm³/mol. The van der Waals surface area contributed by atoms with Gasteiger partial charge < -0.3 is 14.8 Å². The highest BCUT2D eigenvalue weighted by Gasteiger charge is 2.27. The molecular formula is C27H33N7O3S. The van der Waals surface area contributed by atoms with E-state index in [-0.39, 0.29) is 11.7 Å². The molecule has 4 aromatic rings. The van der Waals surface area contributed by atoms with Crippen LogP contribution in [-0.4, -0.2) is 47.1 Å². The van der Waals surface area contributed by atoms with Crippen LogP contribution in [0.15, 0.2) is 54.7 Å². The number of amides is 1. The van der Waals surface area contributed by atoms with Crippen LogP contribution >= 0.6 is 0 Å². The topological polar surface area (TPSA) is 122 Å². The first-order valence-corrected chi connectivity index (χ1v) is 14.3. The van der Waals surface area contributed by atoms with Crippen molar-refractivity contribution in [1.82, 2.24) is 19.5 Å². The molecule has 11 heteroatoms. The third-order valence-electron chi connectivity index (χ3n) is 6.60. The quantitative estimate of drug-likeness (QED) is 0.314. The molecule has 2 aromatic carbocycles. The van der Waals surface area contributed by atoms with E-state index < -0.39 is 15.3 Å². The van der Waals surface area contributed by atoms with Crippen molar-refractivity contribution in [2.24, 2.45) is 12.5 Å². The fourth-order valence-corrected chi connectivity index (χ4v) is 4.65. The van der Waals surface area contributed by atoms with Crippen LogP contribution < -0.4 is 15.5 Å². The highest BCUT2D eigenvalue weighted by molar-refractivity contribution is 7.89. The van der Waals surface area contributed by atoms with Gasteiger partial charge in [0, 0.05) is 37.7 Å². The van der Waals surface area contributed by atoms with Crippen LogP contribution in [0, 0.1) is 5.41 Å². The Balaban J connectivity index is 1.59. The van der Waals surface area contributed by atoms with Gasteiger partial charge in [0.15, 0.2) is 9.84 Å². The van der Waals surface area contributed by atoms with Gasteiger partial charge in [-0.15, -0.1) is 0 Å². The van der Waals surface area contributed by atoms with E-state index >= 15 is 0 Å². The van der Waals surface area contributed by atoms with Gasteiger partial charge in [0.05, 0.1) is 17.0 Å². The molecule has 200 valence electrons. The van der Waals surface area contributed by atoms with E-state index in [2.05, 4.69) is 20.6 Å². The summed E-state index contributed by atoms with van der Waals surface area (Å²) in [6.45, 7) is 5.81. The van der Waals surface area contributed by atoms with E-state index in [9.17, 15) is 13.2 Å². The Bertz CT molecular complexity index is 1580. The predicted octanol–water partition coefficient (Wildman–Crippen LogP) is 4.79. The van der Waals surface area contributed by atoms with Gasteiger partial charge in [-0.3, -0.25) is 10.1 Å². The number of benzene rings is 2. The maximum atomic E-state index is 12.8. The Morgan fingerprint density at radius 3 is 2.45 bits per heavy atom. The fraction of sp³-hybridized carbons (Fsp3) is 0.333. The number of sulfone groups is 1. The number of fused-ring (bicyclic) bond motifs is 1. The summed E-state index contributed by atoms with van der Waals surface area (Å²) in [5, 5.41) is 6.14. The summed E-state index contributed by atoms with van der Waals surface area (Å²) in [6, 6.07) is 14.8. The van der Waals surface area contributed by atoms with E-state index in [0.717, 1.165) is 22.4 Å². The Morgan fingerprint density at radius 1 is 1.08 bits per heavy atom. The Kier molecular flexibility index (Phi) is 7.41. The van der Waals surface area contributed by atoms with Crippen molar-refractivity contribution in [2.45, 2.75) is 32.9 Å². The van der Waals surface area contributed by atoms with Crippen LogP contribution in [0.4, 0.5) is 29.1 Å². The minimum absolute atomic E-state index is 0.00904. The van der Waals surface area contributed by atoms with Gasteiger partial charge >= 0.3 is 0 Å². The van der Waals surface area contributed by atoms with Crippen molar-refractivity contribution in [1.29, 1.82) is 0 Å². The van der Waals surface area contributed by atoms with Gasteiger partial charge in [-0.2, -0.15) is 4.98 Å². The molecule has 0 saturated heterocycles. The lowest BCUT2D eigenvalue weighted by atomic mass is 9.89. The van der Waals surface area contributed by atoms with Crippen LogP contribution in [0.2, 0.25) is 0 Å². The number of hydrogen-bond acceptors (Lipinski definition) is 8. The highest BCUT2D eigenvalue weighted by atomic mass is 32.2. The minimum atomic E-state index is -3.10. The zero-order chi connectivity index (χ0) is 27.7. The zero-order valence-electron chi connectivity index (χ0n) is 22.5. The van der Waals surface area contributed by atoms with Crippen molar-refractivity contribution in [3.8, 4) is 0 Å². The number of para-hydroxylation sites is 1. The van der Waals surface area contributed by atoms with Crippen molar-refractivity contribution in [3.05, 3.63) is 60.3 Å². The highest BCUT2D eigenvalue weighted by Crippen LogP contribution is 2.32. The summed E-state index contributed by atoms with van der Waals surface area (Å²) in [7, 11) is 0.674. The smallest absolute Gasteiger partial charge is 0.232 e. The summed E-state index contributed by atoms with van der Waals surface area (Å²) in [6.07, 6.45) is 3.59. The number of hydrogen-bond donors (Lipinski definition) is 2. The van der Waals surface area contributed by atoms with Crippen LogP contribution in [0.1, 0.15) is 32.8 Å². The molecule has 0 bridgehead atoms. The summed E-state index contributed by atoms with van der Waals surface area (Å²) in [5.41, 5.74) is 3.38. The monoisotopic (exact) mass is 535 g/mol. The van der Waals surface area contributed by atoms with E-state index in [4.69, 9.17) is 4.98 Å². The van der Waals surface area contributed by atoms with E-state index in [1.54, 1.807) is 36.5 Å². The summed E-state index contributed by atoms with van der Waals surface area (Å²) >= 11 is 0. The van der Waals surface area contributed by atoms with Gasteiger partial charge in [0.1, 0.15) is 11.3 Å². The molecule has 0 saturated carbocycles. The lowest BCUT2D eigenvalue weighted by Gasteiger charge is -2.20. The van der Waals surface area contributed by atoms with Gasteiger partial charge in [0.25, 0.3) is 0 Å². The van der Waals surface area contributed by atoms with Crippen LogP contribution in [0.5, 0.6) is 0 Å². The third kappa shape index (κ3) is 5.94. The van der Waals surface area contributed by atoms with E-state index in [1.165, 1.54) is 6.26 Å². The van der Waals surface area contributed by atoms with Gasteiger partial charge in [0.2, 0.25) is 17.8 Å². The standard InChI is InChI=1S/C27H33N7O3S/c1-7-27(2,3)24(35)32-26-31-23-20(9-8-10-21(23)34(26)5)33(4)22-15-16-28-25(30-22)29-19-13-11-18(12-14-19)17-38(6,36)37/h8-16H,7,17H2,1-6H3,(H,28,29,30)(H,31,32,35). The number of imidazole rings is 1. The number of carbonyl (C=O) groups excluding carboxylic acids is 1. The lowest BCUT2D eigenvalue weighted by Crippen LogP contribution is -2.31. The molecule has 2 heterocycles. The lowest BCUT2D eigenvalue weighted by molar-refractivity contribution is -0.124. The number of aryl methyl sites for hydroxylation is 1. The summed E-state index contributed by atoms with van der Waals surface area (Å²) in [5.74, 6) is 1.44. The minimum Gasteiger partial charge on any atom is -0.327 e. The molecule has 0 aliphatic heterocycles. The average molecular weight is 536 g/mol. The average Bonchev–Trinajstić information content (AvgIpc) is 3.19. The molecule has 0 spiro atoms. The first kappa shape index (κ1) is 27.1. The Hall–Kier alpha value is -3.99. The van der Waals surface area contributed by atoms with Crippen molar-refractivity contribution >= 4 is 55.9 Å². The van der Waals surface area contributed by atoms with Crippen molar-refractivity contribution in [3.63, 3.8) is 0 Å². The molecule has 0 atom stereocenters. The number of anilines is 5. The number of nitrogens with one attached hydrogen (secondary N) is 2. The van der Waals surface area contributed by atoms with Gasteiger partial charge in [-0.25, -0.2) is 18.4 Å². The molecule has 38 heavy (non-hydrogen) atoms. The van der Waals surface area contributed by atoms with Crippen LogP contribution in [0.3, 0.4) is 0 Å².